The van der Waals surface area contributed by atoms with Crippen molar-refractivity contribution in [3.8, 4) is 0 Å². The normalized spacial score (nSPS) is 16.2. The number of pyridine rings is 1. The molecule has 1 saturated heterocycles. The Bertz CT molecular complexity index is 942. The first-order valence-electron chi connectivity index (χ1n) is 9.79. The van der Waals surface area contributed by atoms with Crippen LogP contribution in [0.15, 0.2) is 42.6 Å². The van der Waals surface area contributed by atoms with Crippen LogP contribution < -0.4 is 10.2 Å². The molecule has 3 rings (SSSR count). The molecule has 1 fully saturated rings. The lowest BCUT2D eigenvalue weighted by atomic mass is 10.0. The molecule has 3 amide bonds. The predicted molar refractivity (Wildman–Crippen MR) is 113 cm³/mol. The minimum atomic E-state index is -0.538. The summed E-state index contributed by atoms with van der Waals surface area (Å²) in [7, 11) is 1.29. The van der Waals surface area contributed by atoms with Gasteiger partial charge in [0, 0.05) is 12.2 Å². The van der Waals surface area contributed by atoms with Crippen LogP contribution in [0, 0.1) is 12.8 Å². The molecule has 0 unspecified atom stereocenters. The molecule has 1 aliphatic rings. The van der Waals surface area contributed by atoms with Crippen LogP contribution >= 0.6 is 0 Å². The number of nitrogens with zero attached hydrogens (tertiary/aromatic N) is 3. The molecule has 0 saturated carbocycles. The highest BCUT2D eigenvalue weighted by molar-refractivity contribution is 6.00. The molecule has 0 bridgehead atoms. The van der Waals surface area contributed by atoms with Crippen molar-refractivity contribution in [2.24, 2.45) is 5.92 Å². The molecule has 2 aromatic rings. The van der Waals surface area contributed by atoms with Gasteiger partial charge in [-0.2, -0.15) is 0 Å². The Morgan fingerprint density at radius 1 is 1.27 bits per heavy atom. The van der Waals surface area contributed by atoms with Crippen LogP contribution in [0.4, 0.5) is 16.2 Å². The van der Waals surface area contributed by atoms with E-state index in [0.717, 1.165) is 5.56 Å². The monoisotopic (exact) mass is 410 g/mol. The molecule has 30 heavy (non-hydrogen) atoms. The van der Waals surface area contributed by atoms with Crippen LogP contribution in [0.25, 0.3) is 0 Å². The van der Waals surface area contributed by atoms with Gasteiger partial charge in [-0.25, -0.2) is 14.6 Å². The Labute approximate surface area is 175 Å². The minimum absolute atomic E-state index is 0.0419. The van der Waals surface area contributed by atoms with E-state index in [-0.39, 0.29) is 36.1 Å². The maximum Gasteiger partial charge on any atom is 0.356 e. The van der Waals surface area contributed by atoms with Crippen molar-refractivity contribution in [3.05, 3.63) is 53.9 Å². The number of amides is 3. The SMILES string of the molecule is COC(=O)c1ccc(N2C[C@H](C(C)C)N(CC(=O)Nc3cccc(C)c3)C2=O)cn1. The molecule has 1 aromatic heterocycles. The number of methoxy groups -OCH3 is 1. The molecule has 1 atom stereocenters. The van der Waals surface area contributed by atoms with E-state index in [0.29, 0.717) is 17.9 Å². The maximum atomic E-state index is 13.1. The number of anilines is 2. The number of aryl methyl sites for hydroxylation is 1. The zero-order valence-corrected chi connectivity index (χ0v) is 17.6. The van der Waals surface area contributed by atoms with Gasteiger partial charge in [-0.15, -0.1) is 0 Å². The van der Waals surface area contributed by atoms with Gasteiger partial charge in [0.25, 0.3) is 0 Å². The molecule has 0 aliphatic carbocycles. The third kappa shape index (κ3) is 4.59. The highest BCUT2D eigenvalue weighted by Crippen LogP contribution is 2.27. The molecular weight excluding hydrogens is 384 g/mol. The average Bonchev–Trinajstić information content (AvgIpc) is 3.04. The highest BCUT2D eigenvalue weighted by atomic mass is 16.5. The summed E-state index contributed by atoms with van der Waals surface area (Å²) < 4.78 is 4.65. The van der Waals surface area contributed by atoms with Crippen molar-refractivity contribution in [3.63, 3.8) is 0 Å². The molecule has 1 aromatic carbocycles. The van der Waals surface area contributed by atoms with Gasteiger partial charge in [-0.3, -0.25) is 9.69 Å². The number of hydrogen-bond acceptors (Lipinski definition) is 5. The Morgan fingerprint density at radius 3 is 2.63 bits per heavy atom. The van der Waals surface area contributed by atoms with Gasteiger partial charge in [0.2, 0.25) is 5.91 Å². The Kier molecular flexibility index (Phi) is 6.34. The summed E-state index contributed by atoms with van der Waals surface area (Å²) in [5, 5.41) is 2.86. The van der Waals surface area contributed by atoms with Crippen LogP contribution in [-0.2, 0) is 9.53 Å². The van der Waals surface area contributed by atoms with E-state index < -0.39 is 5.97 Å². The Morgan fingerprint density at radius 2 is 2.03 bits per heavy atom. The van der Waals surface area contributed by atoms with E-state index in [1.165, 1.54) is 19.4 Å². The van der Waals surface area contributed by atoms with E-state index in [2.05, 4.69) is 15.0 Å². The fraction of sp³-hybridized carbons (Fsp3) is 0.364. The third-order valence-electron chi connectivity index (χ3n) is 5.09. The lowest BCUT2D eigenvalue weighted by Gasteiger charge is -2.25. The zero-order valence-electron chi connectivity index (χ0n) is 17.6. The average molecular weight is 410 g/mol. The van der Waals surface area contributed by atoms with Gasteiger partial charge in [0.1, 0.15) is 12.2 Å². The number of nitrogens with one attached hydrogen (secondary N) is 1. The lowest BCUT2D eigenvalue weighted by Crippen LogP contribution is -2.42. The second-order valence-corrected chi connectivity index (χ2v) is 7.64. The van der Waals surface area contributed by atoms with Crippen molar-refractivity contribution in [1.29, 1.82) is 0 Å². The number of carbonyl (C=O) groups is 3. The number of ether oxygens (including phenoxy) is 1. The van der Waals surface area contributed by atoms with Gasteiger partial charge >= 0.3 is 12.0 Å². The fourth-order valence-corrected chi connectivity index (χ4v) is 3.48. The summed E-state index contributed by atoms with van der Waals surface area (Å²) in [6.45, 7) is 6.39. The van der Waals surface area contributed by atoms with Crippen LogP contribution in [0.1, 0.15) is 29.9 Å². The summed E-state index contributed by atoms with van der Waals surface area (Å²) in [5.41, 5.74) is 2.48. The summed E-state index contributed by atoms with van der Waals surface area (Å²) in [6.07, 6.45) is 1.47. The number of urea groups is 1. The minimum Gasteiger partial charge on any atom is -0.464 e. The topological polar surface area (TPSA) is 91.8 Å². The van der Waals surface area contributed by atoms with Crippen LogP contribution in [0.2, 0.25) is 0 Å². The first-order chi connectivity index (χ1) is 14.3. The summed E-state index contributed by atoms with van der Waals surface area (Å²) in [4.78, 5) is 44.5. The largest absolute Gasteiger partial charge is 0.464 e. The molecule has 8 heteroatoms. The molecule has 0 spiro atoms. The number of rotatable bonds is 6. The van der Waals surface area contributed by atoms with Crippen molar-refractivity contribution >= 4 is 29.3 Å². The third-order valence-corrected chi connectivity index (χ3v) is 5.09. The van der Waals surface area contributed by atoms with E-state index in [1.807, 2.05) is 45.0 Å². The number of hydrogen-bond donors (Lipinski definition) is 1. The first kappa shape index (κ1) is 21.3. The van der Waals surface area contributed by atoms with Gasteiger partial charge in [-0.05, 0) is 42.7 Å². The van der Waals surface area contributed by atoms with E-state index in [9.17, 15) is 14.4 Å². The number of benzene rings is 1. The molecule has 158 valence electrons. The summed E-state index contributed by atoms with van der Waals surface area (Å²) in [5.74, 6) is -0.627. The molecule has 2 heterocycles. The van der Waals surface area contributed by atoms with Gasteiger partial charge < -0.3 is 15.0 Å². The van der Waals surface area contributed by atoms with Gasteiger partial charge in [0.15, 0.2) is 0 Å². The van der Waals surface area contributed by atoms with Gasteiger partial charge in [-0.1, -0.05) is 26.0 Å². The number of carbonyl (C=O) groups excluding carboxylic acids is 3. The zero-order chi connectivity index (χ0) is 21.8. The lowest BCUT2D eigenvalue weighted by molar-refractivity contribution is -0.117. The Balaban J connectivity index is 1.74. The molecule has 8 nitrogen and oxygen atoms in total. The first-order valence-corrected chi connectivity index (χ1v) is 9.79. The Hall–Kier alpha value is -3.42. The van der Waals surface area contributed by atoms with Crippen molar-refractivity contribution in [2.75, 3.05) is 30.4 Å². The van der Waals surface area contributed by atoms with E-state index in [4.69, 9.17) is 0 Å². The molecular formula is C22H26N4O4. The van der Waals surface area contributed by atoms with Crippen LogP contribution in [0.3, 0.4) is 0 Å². The van der Waals surface area contributed by atoms with Crippen LogP contribution in [0.5, 0.6) is 0 Å². The summed E-state index contributed by atoms with van der Waals surface area (Å²) in [6, 6.07) is 10.3. The number of aromatic nitrogens is 1. The second-order valence-electron chi connectivity index (χ2n) is 7.64. The van der Waals surface area contributed by atoms with Crippen molar-refractivity contribution < 1.29 is 19.1 Å². The summed E-state index contributed by atoms with van der Waals surface area (Å²) >= 11 is 0. The van der Waals surface area contributed by atoms with E-state index in [1.54, 1.807) is 15.9 Å². The predicted octanol–water partition coefficient (Wildman–Crippen LogP) is 3.08. The number of esters is 1. The second kappa shape index (κ2) is 8.94. The molecule has 1 N–H and O–H groups in total. The molecule has 1 aliphatic heterocycles. The standard InChI is InChI=1S/C22H26N4O4/c1-14(2)19-12-25(17-8-9-18(23-11-17)21(28)30-4)22(29)26(19)13-20(27)24-16-7-5-6-15(3)10-16/h5-11,14,19H,12-13H2,1-4H3,(H,24,27)/t19-/m1/s1. The van der Waals surface area contributed by atoms with Crippen LogP contribution in [-0.4, -0.2) is 54.0 Å². The van der Waals surface area contributed by atoms with Crippen molar-refractivity contribution in [1.82, 2.24) is 9.88 Å². The molecule has 0 radical (unpaired) electrons. The quantitative estimate of drug-likeness (QED) is 0.739. The van der Waals surface area contributed by atoms with E-state index >= 15 is 0 Å². The smallest absolute Gasteiger partial charge is 0.356 e. The fourth-order valence-electron chi connectivity index (χ4n) is 3.48. The maximum absolute atomic E-state index is 13.1. The van der Waals surface area contributed by atoms with Gasteiger partial charge in [0.05, 0.1) is 25.0 Å². The highest BCUT2D eigenvalue weighted by Gasteiger charge is 2.40. The van der Waals surface area contributed by atoms with Crippen molar-refractivity contribution in [2.45, 2.75) is 26.8 Å².